The van der Waals surface area contributed by atoms with Gasteiger partial charge in [-0.05, 0) is 41.3 Å². The van der Waals surface area contributed by atoms with E-state index in [1.807, 2.05) is 6.08 Å². The predicted molar refractivity (Wildman–Crippen MR) is 107 cm³/mol. The molecule has 26 heavy (non-hydrogen) atoms. The van der Waals surface area contributed by atoms with Gasteiger partial charge in [-0.15, -0.1) is 0 Å². The third-order valence-corrected chi connectivity index (χ3v) is 4.47. The number of hydrogen-bond donors (Lipinski definition) is 0. The molecule has 0 atom stereocenters. The van der Waals surface area contributed by atoms with Gasteiger partial charge in [0.1, 0.15) is 6.61 Å². The van der Waals surface area contributed by atoms with Gasteiger partial charge in [-0.3, -0.25) is 0 Å². The van der Waals surface area contributed by atoms with Crippen LogP contribution in [0.4, 0.5) is 0 Å². The van der Waals surface area contributed by atoms with E-state index in [4.69, 9.17) is 4.89 Å². The number of aryl methyl sites for hydroxylation is 1. The van der Waals surface area contributed by atoms with E-state index < -0.39 is 0 Å². The maximum absolute atomic E-state index is 4.93. The Balaban J connectivity index is 1.92. The predicted octanol–water partition coefficient (Wildman–Crippen LogP) is 5.36. The molecule has 2 aromatic carbocycles. The minimum absolute atomic E-state index is 0.434. The molecule has 3 nitrogen and oxygen atoms in total. The average Bonchev–Trinajstić information content (AvgIpc) is 3.08. The van der Waals surface area contributed by atoms with E-state index in [-0.39, 0.29) is 0 Å². The van der Waals surface area contributed by atoms with Crippen molar-refractivity contribution >= 4 is 6.08 Å². The lowest BCUT2D eigenvalue weighted by Gasteiger charge is -2.15. The highest BCUT2D eigenvalue weighted by molar-refractivity contribution is 5.67. The maximum Gasteiger partial charge on any atom is 0.101 e. The van der Waals surface area contributed by atoms with Crippen molar-refractivity contribution in [3.8, 4) is 11.1 Å². The zero-order valence-electron chi connectivity index (χ0n) is 15.4. The van der Waals surface area contributed by atoms with E-state index in [0.717, 1.165) is 13.0 Å². The third kappa shape index (κ3) is 4.31. The first-order valence-corrected chi connectivity index (χ1v) is 8.97. The van der Waals surface area contributed by atoms with Crippen molar-refractivity contribution in [2.24, 2.45) is 0 Å². The quantitative estimate of drug-likeness (QED) is 0.311. The number of hydrogen-bond acceptors (Lipinski definition) is 2. The number of aromatic nitrogens is 1. The molecular formula is C23H25NO2. The highest BCUT2D eigenvalue weighted by Crippen LogP contribution is 2.25. The smallest absolute Gasteiger partial charge is 0.101 e. The fourth-order valence-electron chi connectivity index (χ4n) is 3.18. The lowest BCUT2D eigenvalue weighted by atomic mass is 9.99. The Morgan fingerprint density at radius 1 is 0.923 bits per heavy atom. The van der Waals surface area contributed by atoms with E-state index in [2.05, 4.69) is 89.2 Å². The molecule has 0 aliphatic rings. The van der Waals surface area contributed by atoms with E-state index in [9.17, 15) is 0 Å². The summed E-state index contributed by atoms with van der Waals surface area (Å²) in [5.74, 6) is 0. The molecule has 3 heteroatoms. The molecule has 134 valence electrons. The molecule has 0 N–H and O–H groups in total. The molecule has 0 saturated heterocycles. The van der Waals surface area contributed by atoms with Crippen LogP contribution < -0.4 is 0 Å². The van der Waals surface area contributed by atoms with Crippen molar-refractivity contribution in [3.63, 3.8) is 0 Å². The van der Waals surface area contributed by atoms with Gasteiger partial charge in [0.15, 0.2) is 0 Å². The summed E-state index contributed by atoms with van der Waals surface area (Å²) < 4.78 is 2.37. The van der Waals surface area contributed by atoms with Crippen molar-refractivity contribution in [2.45, 2.75) is 19.9 Å². The van der Waals surface area contributed by atoms with Gasteiger partial charge < -0.3 is 4.57 Å². The summed E-state index contributed by atoms with van der Waals surface area (Å²) in [7, 11) is 1.52. The van der Waals surface area contributed by atoms with Gasteiger partial charge in [-0.2, -0.15) is 0 Å². The summed E-state index contributed by atoms with van der Waals surface area (Å²) in [5, 5.41) is 0. The molecular weight excluding hydrogens is 322 g/mol. The van der Waals surface area contributed by atoms with Crippen molar-refractivity contribution in [3.05, 3.63) is 89.8 Å². The van der Waals surface area contributed by atoms with Gasteiger partial charge in [0, 0.05) is 17.9 Å². The Kier molecular flexibility index (Phi) is 6.42. The molecule has 1 aromatic heterocycles. The first-order chi connectivity index (χ1) is 12.8. The second kappa shape index (κ2) is 9.18. The van der Waals surface area contributed by atoms with E-state index in [1.165, 1.54) is 35.2 Å². The van der Waals surface area contributed by atoms with Crippen LogP contribution in [0.15, 0.2) is 72.8 Å². The highest BCUT2D eigenvalue weighted by Gasteiger charge is 2.09. The first kappa shape index (κ1) is 18.2. The fourth-order valence-corrected chi connectivity index (χ4v) is 3.18. The van der Waals surface area contributed by atoms with Crippen molar-refractivity contribution in [1.82, 2.24) is 4.57 Å². The largest absolute Gasteiger partial charge is 0.341 e. The topological polar surface area (TPSA) is 23.4 Å². The average molecular weight is 347 g/mol. The third-order valence-electron chi connectivity index (χ3n) is 4.47. The molecule has 3 rings (SSSR count). The van der Waals surface area contributed by atoms with Crippen LogP contribution in [-0.4, -0.2) is 18.3 Å². The summed E-state index contributed by atoms with van der Waals surface area (Å²) in [5.41, 5.74) is 6.33. The molecule has 0 aliphatic carbocycles. The van der Waals surface area contributed by atoms with Crippen molar-refractivity contribution < 1.29 is 9.78 Å². The summed E-state index contributed by atoms with van der Waals surface area (Å²) >= 11 is 0. The minimum atomic E-state index is 0.434. The Bertz CT molecular complexity index is 850. The molecule has 0 fully saturated rings. The number of nitrogens with zero attached hydrogens (tertiary/aromatic N) is 1. The lowest BCUT2D eigenvalue weighted by Crippen LogP contribution is -2.07. The van der Waals surface area contributed by atoms with Crippen molar-refractivity contribution in [2.75, 3.05) is 13.7 Å². The molecule has 0 amide bonds. The van der Waals surface area contributed by atoms with Gasteiger partial charge in [0.2, 0.25) is 0 Å². The van der Waals surface area contributed by atoms with Crippen LogP contribution >= 0.6 is 0 Å². The van der Waals surface area contributed by atoms with Gasteiger partial charge in [0.25, 0.3) is 0 Å². The molecule has 0 unspecified atom stereocenters. The summed E-state index contributed by atoms with van der Waals surface area (Å²) in [6.45, 7) is 3.46. The summed E-state index contributed by atoms with van der Waals surface area (Å²) in [4.78, 5) is 9.57. The van der Waals surface area contributed by atoms with Crippen LogP contribution in [0.25, 0.3) is 17.2 Å². The maximum atomic E-state index is 4.93. The monoisotopic (exact) mass is 347 g/mol. The zero-order chi connectivity index (χ0) is 18.2. The van der Waals surface area contributed by atoms with Gasteiger partial charge in [-0.25, -0.2) is 9.78 Å². The molecule has 0 spiro atoms. The lowest BCUT2D eigenvalue weighted by molar-refractivity contribution is -0.263. The van der Waals surface area contributed by atoms with E-state index >= 15 is 0 Å². The summed E-state index contributed by atoms with van der Waals surface area (Å²) in [6.07, 6.45) is 5.05. The van der Waals surface area contributed by atoms with E-state index in [1.54, 1.807) is 0 Å². The van der Waals surface area contributed by atoms with Crippen molar-refractivity contribution in [1.29, 1.82) is 0 Å². The second-order valence-corrected chi connectivity index (χ2v) is 6.07. The first-order valence-electron chi connectivity index (χ1n) is 8.97. The normalized spacial score (nSPS) is 11.3. The van der Waals surface area contributed by atoms with Crippen LogP contribution in [0.5, 0.6) is 0 Å². The molecule has 0 radical (unpaired) electrons. The highest BCUT2D eigenvalue weighted by atomic mass is 17.2. The standard InChI is InChI=1S/C23H25NO2/c1-3-21-15-16-22(13-9-17-26-25-2)24(21)18-20-12-7-8-14-23(20)19-10-5-4-6-11-19/h4-16H,3,17-18H2,1-2H3/b13-9+. The Hall–Kier alpha value is -2.62. The fraction of sp³-hybridized carbons (Fsp3) is 0.217. The molecule has 0 saturated carbocycles. The van der Waals surface area contributed by atoms with Crippen LogP contribution in [-0.2, 0) is 22.7 Å². The van der Waals surface area contributed by atoms with Gasteiger partial charge >= 0.3 is 0 Å². The van der Waals surface area contributed by atoms with E-state index in [0.29, 0.717) is 6.61 Å². The van der Waals surface area contributed by atoms with Gasteiger partial charge in [0.05, 0.1) is 7.11 Å². The van der Waals surface area contributed by atoms with Crippen LogP contribution in [0.2, 0.25) is 0 Å². The summed E-state index contributed by atoms with van der Waals surface area (Å²) in [6, 6.07) is 23.5. The Labute approximate surface area is 155 Å². The van der Waals surface area contributed by atoms with Crippen LogP contribution in [0.3, 0.4) is 0 Å². The SMILES string of the molecule is CCc1ccc(/C=C/COOC)n1Cc1ccccc1-c1ccccc1. The number of benzene rings is 2. The second-order valence-electron chi connectivity index (χ2n) is 6.07. The van der Waals surface area contributed by atoms with Crippen LogP contribution in [0, 0.1) is 0 Å². The molecule has 3 aromatic rings. The Morgan fingerprint density at radius 2 is 1.69 bits per heavy atom. The molecule has 0 bridgehead atoms. The molecule has 1 heterocycles. The zero-order valence-corrected chi connectivity index (χ0v) is 15.4. The minimum Gasteiger partial charge on any atom is -0.341 e. The van der Waals surface area contributed by atoms with Crippen LogP contribution in [0.1, 0.15) is 23.9 Å². The van der Waals surface area contributed by atoms with Gasteiger partial charge in [-0.1, -0.05) is 67.6 Å². The Morgan fingerprint density at radius 3 is 2.46 bits per heavy atom. The molecule has 0 aliphatic heterocycles. The number of rotatable bonds is 8.